The number of ether oxygens (including phenoxy) is 2. The van der Waals surface area contributed by atoms with Gasteiger partial charge in [0.15, 0.2) is 11.6 Å². The number of rotatable bonds is 7. The second-order valence-electron chi connectivity index (χ2n) is 6.22. The van der Waals surface area contributed by atoms with Gasteiger partial charge in [-0.15, -0.1) is 0 Å². The first-order valence-electron chi connectivity index (χ1n) is 8.53. The third kappa shape index (κ3) is 5.01. The lowest BCUT2D eigenvalue weighted by Crippen LogP contribution is -2.33. The van der Waals surface area contributed by atoms with Crippen LogP contribution < -0.4 is 4.74 Å². The maximum atomic E-state index is 13.9. The minimum Gasteiger partial charge on any atom is -0.485 e. The van der Waals surface area contributed by atoms with E-state index in [0.717, 1.165) is 11.6 Å². The van der Waals surface area contributed by atoms with Crippen molar-refractivity contribution in [1.82, 2.24) is 4.90 Å². The molecule has 7 nitrogen and oxygen atoms in total. The van der Waals surface area contributed by atoms with Gasteiger partial charge in [0.1, 0.15) is 12.7 Å². The number of non-ortho nitro benzene ring substituents is 1. The van der Waals surface area contributed by atoms with E-state index in [1.165, 1.54) is 12.1 Å². The van der Waals surface area contributed by atoms with Crippen molar-refractivity contribution >= 4 is 11.6 Å². The monoisotopic (exact) mass is 374 g/mol. The van der Waals surface area contributed by atoms with E-state index in [2.05, 4.69) is 0 Å². The molecule has 8 heteroatoms. The fourth-order valence-electron chi connectivity index (χ4n) is 2.85. The van der Waals surface area contributed by atoms with Gasteiger partial charge in [0.2, 0.25) is 5.91 Å². The van der Waals surface area contributed by atoms with Gasteiger partial charge in [0.05, 0.1) is 24.1 Å². The largest absolute Gasteiger partial charge is 0.485 e. The van der Waals surface area contributed by atoms with Gasteiger partial charge in [-0.1, -0.05) is 30.3 Å². The summed E-state index contributed by atoms with van der Waals surface area (Å²) in [6.07, 6.45) is 0.194. The van der Waals surface area contributed by atoms with E-state index in [9.17, 15) is 19.3 Å². The van der Waals surface area contributed by atoms with Crippen molar-refractivity contribution in [2.45, 2.75) is 19.1 Å². The third-order valence-electron chi connectivity index (χ3n) is 4.25. The van der Waals surface area contributed by atoms with Crippen molar-refractivity contribution < 1.29 is 23.6 Å². The molecule has 2 aromatic rings. The topological polar surface area (TPSA) is 81.9 Å². The lowest BCUT2D eigenvalue weighted by atomic mass is 10.2. The van der Waals surface area contributed by atoms with Gasteiger partial charge < -0.3 is 14.4 Å². The van der Waals surface area contributed by atoms with Crippen LogP contribution in [0.25, 0.3) is 0 Å². The van der Waals surface area contributed by atoms with Crippen LogP contribution in [0.3, 0.4) is 0 Å². The van der Waals surface area contributed by atoms with E-state index < -0.39 is 10.7 Å². The second kappa shape index (κ2) is 8.59. The van der Waals surface area contributed by atoms with Crippen LogP contribution in [0.2, 0.25) is 0 Å². The van der Waals surface area contributed by atoms with Crippen LogP contribution in [0, 0.1) is 15.9 Å². The molecular formula is C19H19FN2O5. The van der Waals surface area contributed by atoms with E-state index in [4.69, 9.17) is 9.47 Å². The molecular weight excluding hydrogens is 355 g/mol. The SMILES string of the molecule is O=C(COCc1ccccc1)N1CCC(Oc2ccc([N+](=O)[O-])cc2F)C1. The fourth-order valence-corrected chi connectivity index (χ4v) is 2.85. The number of benzene rings is 2. The first-order chi connectivity index (χ1) is 13.0. The van der Waals surface area contributed by atoms with E-state index >= 15 is 0 Å². The number of halogens is 1. The number of likely N-dealkylation sites (tertiary alicyclic amines) is 1. The van der Waals surface area contributed by atoms with Crippen LogP contribution in [0.15, 0.2) is 48.5 Å². The number of nitrogens with zero attached hydrogens (tertiary/aromatic N) is 2. The lowest BCUT2D eigenvalue weighted by Gasteiger charge is -2.17. The van der Waals surface area contributed by atoms with E-state index in [-0.39, 0.29) is 30.1 Å². The Balaban J connectivity index is 1.47. The summed E-state index contributed by atoms with van der Waals surface area (Å²) in [6.45, 7) is 1.14. The van der Waals surface area contributed by atoms with E-state index in [0.29, 0.717) is 26.1 Å². The van der Waals surface area contributed by atoms with Gasteiger partial charge in [-0.25, -0.2) is 4.39 Å². The maximum Gasteiger partial charge on any atom is 0.272 e. The molecule has 27 heavy (non-hydrogen) atoms. The molecule has 0 radical (unpaired) electrons. The van der Waals surface area contributed by atoms with Crippen molar-refractivity contribution in [2.75, 3.05) is 19.7 Å². The average Bonchev–Trinajstić information content (AvgIpc) is 3.13. The molecule has 1 heterocycles. The quantitative estimate of drug-likeness (QED) is 0.550. The lowest BCUT2D eigenvalue weighted by molar-refractivity contribution is -0.385. The van der Waals surface area contributed by atoms with Gasteiger partial charge in [0, 0.05) is 19.0 Å². The highest BCUT2D eigenvalue weighted by Crippen LogP contribution is 2.25. The van der Waals surface area contributed by atoms with Gasteiger partial charge in [0.25, 0.3) is 5.69 Å². The van der Waals surface area contributed by atoms with Crippen LogP contribution >= 0.6 is 0 Å². The van der Waals surface area contributed by atoms with Crippen LogP contribution in [0.4, 0.5) is 10.1 Å². The molecule has 1 amide bonds. The molecule has 0 aromatic heterocycles. The number of hydrogen-bond donors (Lipinski definition) is 0. The van der Waals surface area contributed by atoms with Crippen LogP contribution in [0.5, 0.6) is 5.75 Å². The van der Waals surface area contributed by atoms with Crippen molar-refractivity contribution in [2.24, 2.45) is 0 Å². The average molecular weight is 374 g/mol. The third-order valence-corrected chi connectivity index (χ3v) is 4.25. The van der Waals surface area contributed by atoms with Crippen molar-refractivity contribution in [1.29, 1.82) is 0 Å². The number of nitro groups is 1. The van der Waals surface area contributed by atoms with Crippen LogP contribution in [-0.4, -0.2) is 41.5 Å². The van der Waals surface area contributed by atoms with Gasteiger partial charge in [-0.3, -0.25) is 14.9 Å². The van der Waals surface area contributed by atoms with Crippen LogP contribution in [-0.2, 0) is 16.1 Å². The molecule has 0 aliphatic carbocycles. The summed E-state index contributed by atoms with van der Waals surface area (Å²) in [5, 5.41) is 10.6. The zero-order chi connectivity index (χ0) is 19.2. The van der Waals surface area contributed by atoms with Crippen LogP contribution in [0.1, 0.15) is 12.0 Å². The first kappa shape index (κ1) is 18.8. The Labute approximate surface area is 155 Å². The van der Waals surface area contributed by atoms with Gasteiger partial charge in [-0.2, -0.15) is 0 Å². The number of carbonyl (C=O) groups is 1. The number of hydrogen-bond acceptors (Lipinski definition) is 5. The summed E-state index contributed by atoms with van der Waals surface area (Å²) in [4.78, 5) is 23.8. The minimum atomic E-state index is -0.792. The number of amides is 1. The summed E-state index contributed by atoms with van der Waals surface area (Å²) < 4.78 is 24.9. The standard InChI is InChI=1S/C19H19FN2O5/c20-17-10-15(22(24)25)6-7-18(17)27-16-8-9-21(11-16)19(23)13-26-12-14-4-2-1-3-5-14/h1-7,10,16H,8-9,11-13H2. The molecule has 3 rings (SSSR count). The van der Waals surface area contributed by atoms with Crippen molar-refractivity contribution in [3.63, 3.8) is 0 Å². The first-order valence-corrected chi connectivity index (χ1v) is 8.53. The highest BCUT2D eigenvalue weighted by Gasteiger charge is 2.28. The zero-order valence-electron chi connectivity index (χ0n) is 14.5. The molecule has 0 bridgehead atoms. The van der Waals surface area contributed by atoms with E-state index in [1.807, 2.05) is 30.3 Å². The van der Waals surface area contributed by atoms with Gasteiger partial charge in [-0.05, 0) is 11.6 Å². The molecule has 0 spiro atoms. The van der Waals surface area contributed by atoms with Crippen molar-refractivity contribution in [3.05, 3.63) is 70.0 Å². The normalized spacial score (nSPS) is 16.3. The summed E-state index contributed by atoms with van der Waals surface area (Å²) in [5.41, 5.74) is 0.653. The molecule has 1 fully saturated rings. The van der Waals surface area contributed by atoms with E-state index in [1.54, 1.807) is 4.90 Å². The minimum absolute atomic E-state index is 0.0342. The Bertz CT molecular complexity index is 815. The molecule has 0 N–H and O–H groups in total. The van der Waals surface area contributed by atoms with Gasteiger partial charge >= 0.3 is 0 Å². The number of carbonyl (C=O) groups excluding carboxylic acids is 1. The second-order valence-corrected chi connectivity index (χ2v) is 6.22. The Kier molecular flexibility index (Phi) is 5.97. The summed E-state index contributed by atoms with van der Waals surface area (Å²) in [7, 11) is 0. The molecule has 2 aromatic carbocycles. The Hall–Kier alpha value is -3.00. The Morgan fingerprint density at radius 3 is 2.74 bits per heavy atom. The van der Waals surface area contributed by atoms with Crippen molar-refractivity contribution in [3.8, 4) is 5.75 Å². The molecule has 1 saturated heterocycles. The summed E-state index contributed by atoms with van der Waals surface area (Å²) in [5.74, 6) is -0.999. The summed E-state index contributed by atoms with van der Waals surface area (Å²) >= 11 is 0. The predicted octanol–water partition coefficient (Wildman–Crippen LogP) is 2.93. The maximum absolute atomic E-state index is 13.9. The molecule has 1 aliphatic heterocycles. The zero-order valence-corrected chi connectivity index (χ0v) is 14.5. The Morgan fingerprint density at radius 2 is 2.04 bits per heavy atom. The molecule has 0 saturated carbocycles. The predicted molar refractivity (Wildman–Crippen MR) is 94.8 cm³/mol. The molecule has 142 valence electrons. The Morgan fingerprint density at radius 1 is 1.26 bits per heavy atom. The highest BCUT2D eigenvalue weighted by atomic mass is 19.1. The summed E-state index contributed by atoms with van der Waals surface area (Å²) in [6, 6.07) is 12.8. The molecule has 1 unspecified atom stereocenters. The highest BCUT2D eigenvalue weighted by molar-refractivity contribution is 5.77. The molecule has 1 atom stereocenters. The smallest absolute Gasteiger partial charge is 0.272 e. The molecule has 1 aliphatic rings. The number of nitro benzene ring substituents is 1. The fraction of sp³-hybridized carbons (Fsp3) is 0.316.